The second-order valence-electron chi connectivity index (χ2n) is 4.69. The second kappa shape index (κ2) is 5.53. The number of likely N-dealkylation sites (N-methyl/N-ethyl adjacent to an activating group) is 1. The highest BCUT2D eigenvalue weighted by Gasteiger charge is 2.30. The summed E-state index contributed by atoms with van der Waals surface area (Å²) in [5.74, 6) is -0.0274. The van der Waals surface area contributed by atoms with Gasteiger partial charge in [-0.15, -0.1) is 0 Å². The minimum Gasteiger partial charge on any atom is -0.373 e. The standard InChI is InChI=1S/C11H20N4O3/c1-13-2-3-15(11(13)17)8-10(16)14-4-5-18-9(6-12)7-14/h9H,2-8,12H2,1H3. The second-order valence-corrected chi connectivity index (χ2v) is 4.69. The molecule has 0 radical (unpaired) electrons. The van der Waals surface area contributed by atoms with Gasteiger partial charge < -0.3 is 25.2 Å². The molecule has 1 atom stereocenters. The lowest BCUT2D eigenvalue weighted by Gasteiger charge is -2.33. The summed E-state index contributed by atoms with van der Waals surface area (Å²) in [6.45, 7) is 3.48. The highest BCUT2D eigenvalue weighted by atomic mass is 16.5. The minimum absolute atomic E-state index is 0.0274. The van der Waals surface area contributed by atoms with Crippen molar-refractivity contribution in [1.29, 1.82) is 0 Å². The van der Waals surface area contributed by atoms with Crippen LogP contribution in [-0.4, -0.2) is 85.7 Å². The van der Waals surface area contributed by atoms with E-state index in [4.69, 9.17) is 10.5 Å². The van der Waals surface area contributed by atoms with Crippen molar-refractivity contribution in [1.82, 2.24) is 14.7 Å². The molecular weight excluding hydrogens is 236 g/mol. The number of hydrogen-bond donors (Lipinski definition) is 1. The van der Waals surface area contributed by atoms with Crippen molar-refractivity contribution in [2.45, 2.75) is 6.10 Å². The fourth-order valence-corrected chi connectivity index (χ4v) is 2.20. The zero-order chi connectivity index (χ0) is 13.1. The molecule has 2 heterocycles. The molecule has 7 heteroatoms. The number of nitrogens with zero attached hydrogens (tertiary/aromatic N) is 3. The summed E-state index contributed by atoms with van der Waals surface area (Å²) < 4.78 is 5.41. The third-order valence-electron chi connectivity index (χ3n) is 3.38. The van der Waals surface area contributed by atoms with Gasteiger partial charge in [-0.05, 0) is 0 Å². The highest BCUT2D eigenvalue weighted by Crippen LogP contribution is 2.09. The highest BCUT2D eigenvalue weighted by molar-refractivity contribution is 5.85. The van der Waals surface area contributed by atoms with Gasteiger partial charge in [0.1, 0.15) is 6.54 Å². The van der Waals surface area contributed by atoms with Crippen molar-refractivity contribution >= 4 is 11.9 Å². The van der Waals surface area contributed by atoms with Crippen LogP contribution in [0.1, 0.15) is 0 Å². The first-order valence-electron chi connectivity index (χ1n) is 6.21. The van der Waals surface area contributed by atoms with Gasteiger partial charge in [-0.25, -0.2) is 4.79 Å². The van der Waals surface area contributed by atoms with Crippen LogP contribution in [0.4, 0.5) is 4.79 Å². The Morgan fingerprint density at radius 3 is 2.83 bits per heavy atom. The number of urea groups is 1. The van der Waals surface area contributed by atoms with Gasteiger partial charge in [-0.1, -0.05) is 0 Å². The molecule has 2 fully saturated rings. The van der Waals surface area contributed by atoms with Crippen molar-refractivity contribution in [3.8, 4) is 0 Å². The largest absolute Gasteiger partial charge is 0.373 e. The monoisotopic (exact) mass is 256 g/mol. The van der Waals surface area contributed by atoms with Gasteiger partial charge in [0.2, 0.25) is 5.91 Å². The normalized spacial score (nSPS) is 24.9. The maximum Gasteiger partial charge on any atom is 0.320 e. The van der Waals surface area contributed by atoms with Crippen LogP contribution in [0.3, 0.4) is 0 Å². The zero-order valence-corrected chi connectivity index (χ0v) is 10.7. The van der Waals surface area contributed by atoms with Crippen molar-refractivity contribution < 1.29 is 14.3 Å². The molecule has 2 saturated heterocycles. The van der Waals surface area contributed by atoms with Crippen LogP contribution in [-0.2, 0) is 9.53 Å². The van der Waals surface area contributed by atoms with Crippen molar-refractivity contribution in [3.63, 3.8) is 0 Å². The molecule has 3 amide bonds. The lowest BCUT2D eigenvalue weighted by Crippen LogP contribution is -2.51. The molecule has 0 aliphatic carbocycles. The van der Waals surface area contributed by atoms with E-state index in [1.807, 2.05) is 0 Å². The lowest BCUT2D eigenvalue weighted by molar-refractivity contribution is -0.138. The summed E-state index contributed by atoms with van der Waals surface area (Å²) in [5, 5.41) is 0. The number of carbonyl (C=O) groups excluding carboxylic acids is 2. The molecule has 0 aromatic carbocycles. The van der Waals surface area contributed by atoms with E-state index in [9.17, 15) is 9.59 Å². The predicted octanol–water partition coefficient (Wildman–Crippen LogP) is -1.46. The van der Waals surface area contributed by atoms with Crippen LogP contribution in [0.15, 0.2) is 0 Å². The summed E-state index contributed by atoms with van der Waals surface area (Å²) in [7, 11) is 1.74. The molecule has 18 heavy (non-hydrogen) atoms. The summed E-state index contributed by atoms with van der Waals surface area (Å²) in [4.78, 5) is 28.7. The quantitative estimate of drug-likeness (QED) is 0.669. The van der Waals surface area contributed by atoms with Crippen molar-refractivity contribution in [2.75, 3.05) is 52.9 Å². The third kappa shape index (κ3) is 2.73. The molecule has 102 valence electrons. The van der Waals surface area contributed by atoms with Crippen LogP contribution in [0.25, 0.3) is 0 Å². The first-order valence-corrected chi connectivity index (χ1v) is 6.21. The molecule has 0 saturated carbocycles. The molecule has 2 aliphatic rings. The Labute approximate surface area is 106 Å². The number of morpholine rings is 1. The third-order valence-corrected chi connectivity index (χ3v) is 3.38. The lowest BCUT2D eigenvalue weighted by atomic mass is 10.2. The van der Waals surface area contributed by atoms with Crippen LogP contribution < -0.4 is 5.73 Å². The summed E-state index contributed by atoms with van der Waals surface area (Å²) in [5.41, 5.74) is 5.54. The fourth-order valence-electron chi connectivity index (χ4n) is 2.20. The van der Waals surface area contributed by atoms with Gasteiger partial charge in [-0.3, -0.25) is 4.79 Å². The predicted molar refractivity (Wildman–Crippen MR) is 65.0 cm³/mol. The van der Waals surface area contributed by atoms with Gasteiger partial charge in [0, 0.05) is 39.8 Å². The van der Waals surface area contributed by atoms with Crippen molar-refractivity contribution in [3.05, 3.63) is 0 Å². The average molecular weight is 256 g/mol. The van der Waals surface area contributed by atoms with E-state index in [0.29, 0.717) is 39.3 Å². The summed E-state index contributed by atoms with van der Waals surface area (Å²) in [6.07, 6.45) is -0.0837. The van der Waals surface area contributed by atoms with E-state index in [1.54, 1.807) is 21.7 Å². The maximum atomic E-state index is 12.1. The Morgan fingerprint density at radius 1 is 1.44 bits per heavy atom. The fraction of sp³-hybridized carbons (Fsp3) is 0.818. The molecule has 2 aliphatic heterocycles. The van der Waals surface area contributed by atoms with Crippen LogP contribution in [0.2, 0.25) is 0 Å². The molecule has 0 bridgehead atoms. The topological polar surface area (TPSA) is 79.1 Å². The van der Waals surface area contributed by atoms with Gasteiger partial charge in [0.15, 0.2) is 0 Å². The number of hydrogen-bond acceptors (Lipinski definition) is 4. The number of ether oxygens (including phenoxy) is 1. The Hall–Kier alpha value is -1.34. The molecule has 2 N–H and O–H groups in total. The molecule has 0 aromatic rings. The first-order chi connectivity index (χ1) is 8.61. The van der Waals surface area contributed by atoms with Gasteiger partial charge in [0.25, 0.3) is 0 Å². The van der Waals surface area contributed by atoms with Crippen LogP contribution in [0, 0.1) is 0 Å². The molecule has 2 rings (SSSR count). The Morgan fingerprint density at radius 2 is 2.22 bits per heavy atom. The Kier molecular flexibility index (Phi) is 4.03. The average Bonchev–Trinajstić information content (AvgIpc) is 2.71. The van der Waals surface area contributed by atoms with E-state index in [1.165, 1.54) is 0 Å². The first kappa shape index (κ1) is 13.1. The minimum atomic E-state index is -0.0837. The van der Waals surface area contributed by atoms with E-state index >= 15 is 0 Å². The molecular formula is C11H20N4O3. The number of carbonyl (C=O) groups is 2. The van der Waals surface area contributed by atoms with Crippen molar-refractivity contribution in [2.24, 2.45) is 5.73 Å². The smallest absolute Gasteiger partial charge is 0.320 e. The van der Waals surface area contributed by atoms with Gasteiger partial charge in [-0.2, -0.15) is 0 Å². The Bertz CT molecular complexity index is 336. The number of nitrogens with two attached hydrogens (primary N) is 1. The van der Waals surface area contributed by atoms with Crippen LogP contribution >= 0.6 is 0 Å². The zero-order valence-electron chi connectivity index (χ0n) is 10.7. The molecule has 0 aromatic heterocycles. The number of rotatable bonds is 3. The van der Waals surface area contributed by atoms with E-state index < -0.39 is 0 Å². The summed E-state index contributed by atoms with van der Waals surface area (Å²) in [6, 6.07) is -0.0769. The molecule has 1 unspecified atom stereocenters. The SMILES string of the molecule is CN1CCN(CC(=O)N2CCOC(CN)C2)C1=O. The van der Waals surface area contributed by atoms with Crippen LogP contribution in [0.5, 0.6) is 0 Å². The summed E-state index contributed by atoms with van der Waals surface area (Å²) >= 11 is 0. The van der Waals surface area contributed by atoms with Gasteiger partial charge >= 0.3 is 6.03 Å². The van der Waals surface area contributed by atoms with E-state index in [2.05, 4.69) is 0 Å². The van der Waals surface area contributed by atoms with E-state index in [-0.39, 0.29) is 24.6 Å². The Balaban J connectivity index is 1.86. The molecule has 0 spiro atoms. The number of amides is 3. The van der Waals surface area contributed by atoms with Gasteiger partial charge in [0.05, 0.1) is 12.7 Å². The molecule has 7 nitrogen and oxygen atoms in total. The van der Waals surface area contributed by atoms with E-state index in [0.717, 1.165) is 0 Å². The maximum absolute atomic E-state index is 12.1.